The summed E-state index contributed by atoms with van der Waals surface area (Å²) in [6.45, 7) is 6.46. The SMILES string of the molecule is CCCCCCCC/C=C\CCCCCC(=O)OC(CCC/C=C\CCCCCCCC)CC(=O)NC(CO)C(O)CCCCCCCCCCCCCCC. The highest BCUT2D eigenvalue weighted by Gasteiger charge is 2.24. The highest BCUT2D eigenvalue weighted by molar-refractivity contribution is 5.77. The summed E-state index contributed by atoms with van der Waals surface area (Å²) in [6.07, 6.45) is 49.5. The monoisotopic (exact) mass is 790 g/mol. The van der Waals surface area contributed by atoms with Crippen LogP contribution < -0.4 is 5.32 Å². The minimum absolute atomic E-state index is 0.0541. The maximum atomic E-state index is 13.1. The quantitative estimate of drug-likeness (QED) is 0.0324. The van der Waals surface area contributed by atoms with E-state index in [0.717, 1.165) is 64.2 Å². The Bertz CT molecular complexity index is 889. The highest BCUT2D eigenvalue weighted by Crippen LogP contribution is 2.17. The first-order chi connectivity index (χ1) is 27.5. The molecule has 0 saturated carbocycles. The average Bonchev–Trinajstić information content (AvgIpc) is 3.19. The van der Waals surface area contributed by atoms with E-state index >= 15 is 0 Å². The highest BCUT2D eigenvalue weighted by atomic mass is 16.5. The molecule has 56 heavy (non-hydrogen) atoms. The lowest BCUT2D eigenvalue weighted by atomic mass is 10.0. The van der Waals surface area contributed by atoms with Crippen molar-refractivity contribution in [3.05, 3.63) is 24.3 Å². The number of aliphatic hydroxyl groups is 2. The second-order valence-electron chi connectivity index (χ2n) is 16.9. The second-order valence-corrected chi connectivity index (χ2v) is 16.9. The lowest BCUT2D eigenvalue weighted by Gasteiger charge is -2.24. The van der Waals surface area contributed by atoms with Gasteiger partial charge in [-0.05, 0) is 70.6 Å². The smallest absolute Gasteiger partial charge is 0.306 e. The third kappa shape index (κ3) is 39.2. The Hall–Kier alpha value is -1.66. The molecule has 0 bridgehead atoms. The lowest BCUT2D eigenvalue weighted by Crippen LogP contribution is -2.46. The molecule has 6 nitrogen and oxygen atoms in total. The molecular weight excluding hydrogens is 695 g/mol. The van der Waals surface area contributed by atoms with E-state index in [0.29, 0.717) is 19.3 Å². The zero-order valence-corrected chi connectivity index (χ0v) is 37.5. The number of allylic oxidation sites excluding steroid dienone is 4. The number of amides is 1. The normalized spacial score (nSPS) is 13.4. The van der Waals surface area contributed by atoms with Gasteiger partial charge in [-0.3, -0.25) is 9.59 Å². The topological polar surface area (TPSA) is 95.9 Å². The van der Waals surface area contributed by atoms with Crippen molar-refractivity contribution >= 4 is 11.9 Å². The molecule has 6 heteroatoms. The van der Waals surface area contributed by atoms with Crippen LogP contribution in [0.1, 0.15) is 258 Å². The Morgan fingerprint density at radius 2 is 0.875 bits per heavy atom. The van der Waals surface area contributed by atoms with Crippen LogP contribution in [0.5, 0.6) is 0 Å². The number of hydrogen-bond donors (Lipinski definition) is 3. The molecule has 3 unspecified atom stereocenters. The minimum atomic E-state index is -0.792. The second kappa shape index (κ2) is 44.4. The molecule has 0 aliphatic carbocycles. The molecule has 0 aromatic rings. The van der Waals surface area contributed by atoms with Crippen LogP contribution in [0, 0.1) is 0 Å². The molecule has 1 amide bonds. The summed E-state index contributed by atoms with van der Waals surface area (Å²) >= 11 is 0. The summed E-state index contributed by atoms with van der Waals surface area (Å²) in [6, 6.07) is -0.707. The van der Waals surface area contributed by atoms with Crippen LogP contribution in [0.15, 0.2) is 24.3 Å². The zero-order valence-electron chi connectivity index (χ0n) is 37.5. The molecule has 3 N–H and O–H groups in total. The van der Waals surface area contributed by atoms with Gasteiger partial charge in [0, 0.05) is 6.42 Å². The van der Waals surface area contributed by atoms with Crippen molar-refractivity contribution < 1.29 is 24.5 Å². The molecule has 0 aliphatic heterocycles. The predicted molar refractivity (Wildman–Crippen MR) is 241 cm³/mol. The van der Waals surface area contributed by atoms with Crippen LogP contribution in [0.2, 0.25) is 0 Å². The van der Waals surface area contributed by atoms with Gasteiger partial charge >= 0.3 is 5.97 Å². The van der Waals surface area contributed by atoms with Crippen molar-refractivity contribution in [1.29, 1.82) is 0 Å². The Balaban J connectivity index is 4.58. The van der Waals surface area contributed by atoms with Crippen LogP contribution in [0.3, 0.4) is 0 Å². The summed E-state index contributed by atoms with van der Waals surface area (Å²) in [5.41, 5.74) is 0. The summed E-state index contributed by atoms with van der Waals surface area (Å²) < 4.78 is 5.89. The van der Waals surface area contributed by atoms with Crippen LogP contribution >= 0.6 is 0 Å². The third-order valence-corrected chi connectivity index (χ3v) is 11.3. The van der Waals surface area contributed by atoms with E-state index in [1.807, 2.05) is 0 Å². The van der Waals surface area contributed by atoms with Gasteiger partial charge in [0.15, 0.2) is 0 Å². The fourth-order valence-electron chi connectivity index (χ4n) is 7.48. The first kappa shape index (κ1) is 54.3. The van der Waals surface area contributed by atoms with Crippen molar-refractivity contribution in [1.82, 2.24) is 5.32 Å². The van der Waals surface area contributed by atoms with Gasteiger partial charge in [-0.1, -0.05) is 199 Å². The fraction of sp³-hybridized carbons (Fsp3) is 0.880. The van der Waals surface area contributed by atoms with Crippen LogP contribution in [0.4, 0.5) is 0 Å². The lowest BCUT2D eigenvalue weighted by molar-refractivity contribution is -0.151. The van der Waals surface area contributed by atoms with Gasteiger partial charge in [-0.25, -0.2) is 0 Å². The Morgan fingerprint density at radius 3 is 1.30 bits per heavy atom. The Morgan fingerprint density at radius 1 is 0.500 bits per heavy atom. The van der Waals surface area contributed by atoms with E-state index in [9.17, 15) is 19.8 Å². The van der Waals surface area contributed by atoms with Gasteiger partial charge in [0.05, 0.1) is 25.2 Å². The molecule has 0 aromatic heterocycles. The van der Waals surface area contributed by atoms with Gasteiger partial charge < -0.3 is 20.3 Å². The van der Waals surface area contributed by atoms with Crippen LogP contribution in [-0.2, 0) is 14.3 Å². The molecule has 0 fully saturated rings. The summed E-state index contributed by atoms with van der Waals surface area (Å²) in [4.78, 5) is 26.0. The van der Waals surface area contributed by atoms with Gasteiger partial charge in [-0.2, -0.15) is 0 Å². The number of aliphatic hydroxyl groups excluding tert-OH is 2. The third-order valence-electron chi connectivity index (χ3n) is 11.3. The Labute approximate surface area is 348 Å². The number of nitrogens with one attached hydrogen (secondary N) is 1. The molecule has 0 spiro atoms. The number of rotatable bonds is 44. The molecule has 0 heterocycles. The molecule has 0 aliphatic rings. The predicted octanol–water partition coefficient (Wildman–Crippen LogP) is 14.3. The van der Waals surface area contributed by atoms with E-state index in [-0.39, 0.29) is 24.9 Å². The first-order valence-electron chi connectivity index (χ1n) is 24.6. The molecular formula is C50H95NO5. The standard InChI is InChI=1S/C50H95NO5/c1-4-7-10-13-16-19-22-24-27-30-33-36-39-42-48(53)47(45-52)51-49(54)44-46(41-38-35-32-29-26-21-18-15-12-9-6-3)56-50(55)43-40-37-34-31-28-25-23-20-17-14-11-8-5-2/h25,28-29,32,46-48,52-53H,4-24,26-27,30-31,33-45H2,1-3H3,(H,51,54)/b28-25-,32-29-. The number of carbonyl (C=O) groups excluding carboxylic acids is 2. The molecule has 0 aromatic carbocycles. The van der Waals surface area contributed by atoms with E-state index in [2.05, 4.69) is 50.4 Å². The number of hydrogen-bond acceptors (Lipinski definition) is 5. The van der Waals surface area contributed by atoms with Gasteiger partial charge in [-0.15, -0.1) is 0 Å². The first-order valence-corrected chi connectivity index (χ1v) is 24.6. The fourth-order valence-corrected chi connectivity index (χ4v) is 7.48. The summed E-state index contributed by atoms with van der Waals surface area (Å²) in [5.74, 6) is -0.515. The minimum Gasteiger partial charge on any atom is -0.462 e. The summed E-state index contributed by atoms with van der Waals surface area (Å²) in [7, 11) is 0. The zero-order chi connectivity index (χ0) is 41.0. The average molecular weight is 790 g/mol. The molecule has 0 saturated heterocycles. The van der Waals surface area contributed by atoms with Gasteiger partial charge in [0.1, 0.15) is 6.10 Å². The van der Waals surface area contributed by atoms with E-state index < -0.39 is 18.2 Å². The van der Waals surface area contributed by atoms with Gasteiger partial charge in [0.2, 0.25) is 5.91 Å². The van der Waals surface area contributed by atoms with E-state index in [1.165, 1.54) is 148 Å². The number of unbranched alkanes of at least 4 members (excludes halogenated alkanes) is 28. The maximum Gasteiger partial charge on any atom is 0.306 e. The Kier molecular flexibility index (Phi) is 43.1. The maximum absolute atomic E-state index is 13.1. The van der Waals surface area contributed by atoms with Gasteiger partial charge in [0.25, 0.3) is 0 Å². The van der Waals surface area contributed by atoms with Crippen molar-refractivity contribution in [2.75, 3.05) is 6.61 Å². The van der Waals surface area contributed by atoms with Crippen molar-refractivity contribution in [3.63, 3.8) is 0 Å². The number of carbonyl (C=O) groups is 2. The molecule has 0 rings (SSSR count). The molecule has 0 radical (unpaired) electrons. The van der Waals surface area contributed by atoms with Crippen molar-refractivity contribution in [3.8, 4) is 0 Å². The largest absolute Gasteiger partial charge is 0.462 e. The number of esters is 1. The number of ether oxygens (including phenoxy) is 1. The van der Waals surface area contributed by atoms with E-state index in [4.69, 9.17) is 4.74 Å². The van der Waals surface area contributed by atoms with E-state index in [1.54, 1.807) is 0 Å². The van der Waals surface area contributed by atoms with Crippen molar-refractivity contribution in [2.24, 2.45) is 0 Å². The van der Waals surface area contributed by atoms with Crippen LogP contribution in [-0.4, -0.2) is 46.9 Å². The molecule has 330 valence electrons. The summed E-state index contributed by atoms with van der Waals surface area (Å²) in [5, 5.41) is 23.7. The van der Waals surface area contributed by atoms with Crippen LogP contribution in [0.25, 0.3) is 0 Å². The van der Waals surface area contributed by atoms with Crippen molar-refractivity contribution in [2.45, 2.75) is 277 Å². The molecule has 3 atom stereocenters.